The first-order valence-electron chi connectivity index (χ1n) is 4.01. The Morgan fingerprint density at radius 2 is 2.08 bits per heavy atom. The van der Waals surface area contributed by atoms with Crippen molar-refractivity contribution in [3.05, 3.63) is 48.5 Å². The Kier molecular flexibility index (Phi) is 2.00. The molecule has 0 bridgehead atoms. The molecule has 13 heavy (non-hydrogen) atoms. The van der Waals surface area contributed by atoms with E-state index in [4.69, 9.17) is 5.11 Å². The Morgan fingerprint density at radius 1 is 1.31 bits per heavy atom. The highest BCUT2D eigenvalue weighted by atomic mass is 16.3. The number of aromatic hydroxyl groups is 1. The van der Waals surface area contributed by atoms with E-state index in [2.05, 4.69) is 11.3 Å². The number of nitrogens with zero attached hydrogens (tertiary/aromatic N) is 2. The van der Waals surface area contributed by atoms with Crippen molar-refractivity contribution < 1.29 is 5.11 Å². The fraction of sp³-hybridized carbons (Fsp3) is 0.100. The third kappa shape index (κ3) is 1.87. The molecule has 0 spiro atoms. The molecule has 0 saturated carbocycles. The van der Waals surface area contributed by atoms with Crippen molar-refractivity contribution in [3.8, 4) is 5.75 Å². The van der Waals surface area contributed by atoms with Crippen LogP contribution in [0.3, 0.4) is 0 Å². The summed E-state index contributed by atoms with van der Waals surface area (Å²) in [6.07, 6.45) is 6.35. The Hall–Kier alpha value is -1.77. The summed E-state index contributed by atoms with van der Waals surface area (Å²) in [7, 11) is 0. The van der Waals surface area contributed by atoms with Crippen LogP contribution >= 0.6 is 0 Å². The van der Waals surface area contributed by atoms with E-state index in [0.717, 1.165) is 12.1 Å². The predicted octanol–water partition coefficient (Wildman–Crippen LogP) is 1.44. The van der Waals surface area contributed by atoms with Gasteiger partial charge in [-0.05, 0) is 17.7 Å². The molecule has 65 valence electrons. The molecule has 2 rings (SSSR count). The molecule has 0 atom stereocenters. The zero-order valence-electron chi connectivity index (χ0n) is 7.01. The van der Waals surface area contributed by atoms with Gasteiger partial charge in [-0.2, -0.15) is 0 Å². The maximum absolute atomic E-state index is 9.06. The lowest BCUT2D eigenvalue weighted by Gasteiger charge is -2.01. The molecule has 1 aromatic carbocycles. The van der Waals surface area contributed by atoms with E-state index in [1.807, 2.05) is 22.9 Å². The number of imidazole rings is 1. The molecule has 1 N–H and O–H groups in total. The Morgan fingerprint density at radius 3 is 2.69 bits per heavy atom. The van der Waals surface area contributed by atoms with Crippen LogP contribution in [0.2, 0.25) is 0 Å². The molecule has 1 aromatic heterocycles. The van der Waals surface area contributed by atoms with Crippen LogP contribution in [-0.4, -0.2) is 14.7 Å². The van der Waals surface area contributed by atoms with Crippen molar-refractivity contribution in [1.29, 1.82) is 0 Å². The van der Waals surface area contributed by atoms with E-state index in [1.54, 1.807) is 18.3 Å². The second-order valence-electron chi connectivity index (χ2n) is 2.82. The first kappa shape index (κ1) is 7.86. The van der Waals surface area contributed by atoms with Gasteiger partial charge in [0.1, 0.15) is 5.75 Å². The zero-order chi connectivity index (χ0) is 9.10. The lowest BCUT2D eigenvalue weighted by molar-refractivity contribution is 0.475. The van der Waals surface area contributed by atoms with Crippen molar-refractivity contribution in [2.45, 2.75) is 6.54 Å². The average molecular weight is 173 g/mol. The van der Waals surface area contributed by atoms with Crippen LogP contribution in [0.4, 0.5) is 0 Å². The summed E-state index contributed by atoms with van der Waals surface area (Å²) in [5.41, 5.74) is 1.12. The summed E-state index contributed by atoms with van der Waals surface area (Å²) < 4.78 is 1.85. The molecule has 0 aliphatic heterocycles. The first-order valence-corrected chi connectivity index (χ1v) is 4.01. The molecule has 0 unspecified atom stereocenters. The first-order chi connectivity index (χ1) is 6.34. The molecule has 0 saturated heterocycles. The molecular weight excluding hydrogens is 164 g/mol. The fourth-order valence-corrected chi connectivity index (χ4v) is 1.14. The van der Waals surface area contributed by atoms with Gasteiger partial charge in [0.05, 0.1) is 0 Å². The highest BCUT2D eigenvalue weighted by Gasteiger charge is 1.94. The van der Waals surface area contributed by atoms with Gasteiger partial charge in [0.2, 0.25) is 0 Å². The molecular formula is C10H9N2O. The van der Waals surface area contributed by atoms with Crippen LogP contribution in [0.15, 0.2) is 36.7 Å². The van der Waals surface area contributed by atoms with Gasteiger partial charge in [0, 0.05) is 18.9 Å². The fourth-order valence-electron chi connectivity index (χ4n) is 1.14. The van der Waals surface area contributed by atoms with Gasteiger partial charge in [0.15, 0.2) is 6.33 Å². The number of benzene rings is 1. The standard InChI is InChI=1S/C10H9N2O/c13-10-3-1-9(2-4-10)7-12-6-5-11-8-12/h1-6,13H,7H2. The number of phenolic OH excluding ortho intramolecular Hbond substituents is 1. The van der Waals surface area contributed by atoms with E-state index in [-0.39, 0.29) is 0 Å². The highest BCUT2D eigenvalue weighted by molar-refractivity contribution is 5.25. The maximum atomic E-state index is 9.06. The third-order valence-corrected chi connectivity index (χ3v) is 1.80. The average Bonchev–Trinajstić information content (AvgIpc) is 2.62. The maximum Gasteiger partial charge on any atom is 0.176 e. The largest absolute Gasteiger partial charge is 0.508 e. The molecule has 3 nitrogen and oxygen atoms in total. The van der Waals surface area contributed by atoms with Crippen molar-refractivity contribution in [3.63, 3.8) is 0 Å². The van der Waals surface area contributed by atoms with Crippen LogP contribution in [0.1, 0.15) is 5.56 Å². The molecule has 1 radical (unpaired) electrons. The Balaban J connectivity index is 2.15. The van der Waals surface area contributed by atoms with Crippen LogP contribution in [0.25, 0.3) is 0 Å². The van der Waals surface area contributed by atoms with E-state index in [0.29, 0.717) is 5.75 Å². The molecule has 1 heterocycles. The minimum Gasteiger partial charge on any atom is -0.508 e. The molecule has 0 aliphatic carbocycles. The lowest BCUT2D eigenvalue weighted by atomic mass is 10.2. The topological polar surface area (TPSA) is 38.0 Å². The second kappa shape index (κ2) is 3.31. The molecule has 0 fully saturated rings. The number of phenols is 1. The van der Waals surface area contributed by atoms with Crippen molar-refractivity contribution in [1.82, 2.24) is 9.55 Å². The summed E-state index contributed by atoms with van der Waals surface area (Å²) in [4.78, 5) is 3.82. The summed E-state index contributed by atoms with van der Waals surface area (Å²) in [5.74, 6) is 0.290. The van der Waals surface area contributed by atoms with Crippen LogP contribution in [0, 0.1) is 6.33 Å². The van der Waals surface area contributed by atoms with Crippen molar-refractivity contribution in [2.24, 2.45) is 0 Å². The second-order valence-corrected chi connectivity index (χ2v) is 2.82. The van der Waals surface area contributed by atoms with Gasteiger partial charge in [-0.15, -0.1) is 0 Å². The number of aromatic nitrogens is 2. The van der Waals surface area contributed by atoms with Crippen LogP contribution in [-0.2, 0) is 6.54 Å². The van der Waals surface area contributed by atoms with E-state index in [9.17, 15) is 0 Å². The Labute approximate surface area is 76.3 Å². The number of rotatable bonds is 2. The summed E-state index contributed by atoms with van der Waals surface area (Å²) >= 11 is 0. The zero-order valence-corrected chi connectivity index (χ0v) is 7.01. The Bertz CT molecular complexity index is 364. The van der Waals surface area contributed by atoms with Gasteiger partial charge in [-0.3, -0.25) is 0 Å². The monoisotopic (exact) mass is 173 g/mol. The van der Waals surface area contributed by atoms with E-state index >= 15 is 0 Å². The molecule has 0 aliphatic rings. The van der Waals surface area contributed by atoms with Crippen molar-refractivity contribution in [2.75, 3.05) is 0 Å². The number of hydrogen-bond donors (Lipinski definition) is 1. The van der Waals surface area contributed by atoms with Gasteiger partial charge >= 0.3 is 0 Å². The SMILES string of the molecule is Oc1ccc(Cn2[c]ncc2)cc1. The van der Waals surface area contributed by atoms with Crippen molar-refractivity contribution >= 4 is 0 Å². The normalized spacial score (nSPS) is 10.2. The summed E-state index contributed by atoms with van der Waals surface area (Å²) in [6, 6.07) is 7.10. The smallest absolute Gasteiger partial charge is 0.176 e. The van der Waals surface area contributed by atoms with E-state index in [1.165, 1.54) is 0 Å². The molecule has 3 heteroatoms. The van der Waals surface area contributed by atoms with Gasteiger partial charge in [-0.25, -0.2) is 4.98 Å². The van der Waals surface area contributed by atoms with Gasteiger partial charge in [0.25, 0.3) is 0 Å². The van der Waals surface area contributed by atoms with E-state index < -0.39 is 0 Å². The lowest BCUT2D eigenvalue weighted by Crippen LogP contribution is -1.95. The van der Waals surface area contributed by atoms with Gasteiger partial charge in [-0.1, -0.05) is 12.1 Å². The minimum atomic E-state index is 0.290. The summed E-state index contributed by atoms with van der Waals surface area (Å²) in [5, 5.41) is 9.06. The number of hydrogen-bond acceptors (Lipinski definition) is 2. The van der Waals surface area contributed by atoms with Crippen LogP contribution in [0.5, 0.6) is 5.75 Å². The quantitative estimate of drug-likeness (QED) is 0.746. The molecule has 0 amide bonds. The summed E-state index contributed by atoms with van der Waals surface area (Å²) in [6.45, 7) is 0.736. The minimum absolute atomic E-state index is 0.290. The third-order valence-electron chi connectivity index (χ3n) is 1.80. The highest BCUT2D eigenvalue weighted by Crippen LogP contribution is 2.10. The predicted molar refractivity (Wildman–Crippen MR) is 48.3 cm³/mol. The molecule has 2 aromatic rings. The van der Waals surface area contributed by atoms with Gasteiger partial charge < -0.3 is 9.67 Å². The van der Waals surface area contributed by atoms with Crippen LogP contribution < -0.4 is 0 Å².